The second-order valence-corrected chi connectivity index (χ2v) is 8.43. The third kappa shape index (κ3) is 13.5. The number of aliphatic hydroxyl groups is 1. The molecule has 2 atom stereocenters. The molecule has 1 N–H and O–H groups in total. The molecule has 0 fully saturated rings. The molecule has 0 saturated heterocycles. The van der Waals surface area contributed by atoms with Crippen LogP contribution in [0.4, 0.5) is 0 Å². The van der Waals surface area contributed by atoms with Gasteiger partial charge in [0.15, 0.2) is 0 Å². The van der Waals surface area contributed by atoms with Crippen molar-refractivity contribution in [3.05, 3.63) is 0 Å². The van der Waals surface area contributed by atoms with Crippen LogP contribution in [0.3, 0.4) is 0 Å². The van der Waals surface area contributed by atoms with E-state index in [9.17, 15) is 5.11 Å². The first-order chi connectivity index (χ1) is 12.6. The van der Waals surface area contributed by atoms with Gasteiger partial charge in [-0.15, -0.1) is 12.4 Å². The lowest BCUT2D eigenvalue weighted by atomic mass is 10.0. The van der Waals surface area contributed by atoms with Crippen LogP contribution in [0, 0.1) is 0 Å². The summed E-state index contributed by atoms with van der Waals surface area (Å²) < 4.78 is 0. The third-order valence-corrected chi connectivity index (χ3v) is 5.78. The number of hydrogen-bond donors (Lipinski definition) is 1. The highest BCUT2D eigenvalue weighted by molar-refractivity contribution is 5.85. The minimum atomic E-state index is -0.323. The Kier molecular flexibility index (Phi) is 17.6. The van der Waals surface area contributed by atoms with Gasteiger partial charge in [0.05, 0.1) is 18.0 Å². The summed E-state index contributed by atoms with van der Waals surface area (Å²) in [5, 5.41) is 9.66. The topological polar surface area (TPSA) is 35.8 Å². The summed E-state index contributed by atoms with van der Waals surface area (Å²) in [5.74, 6) is 1.20. The fourth-order valence-electron chi connectivity index (χ4n) is 3.89. The number of nitrogens with zero attached hydrogens (tertiary/aromatic N) is 2. The van der Waals surface area contributed by atoms with Gasteiger partial charge in [-0.3, -0.25) is 4.99 Å². The minimum absolute atomic E-state index is 0. The zero-order valence-corrected chi connectivity index (χ0v) is 19.2. The summed E-state index contributed by atoms with van der Waals surface area (Å²) in [7, 11) is 2.10. The SMILES string of the molecule is CCCCCCCCCCCCCCCCCC1=NC(C(C)O)CN1C.Cl. The molecular formula is C23H47ClN2O. The smallest absolute Gasteiger partial charge is 0.0992 e. The predicted octanol–water partition coefficient (Wildman–Crippen LogP) is 6.76. The molecule has 27 heavy (non-hydrogen) atoms. The van der Waals surface area contributed by atoms with Gasteiger partial charge in [-0.25, -0.2) is 0 Å². The first-order valence-electron chi connectivity index (χ1n) is 11.6. The van der Waals surface area contributed by atoms with Crippen LogP contribution in [0.25, 0.3) is 0 Å². The van der Waals surface area contributed by atoms with Gasteiger partial charge in [-0.2, -0.15) is 0 Å². The van der Waals surface area contributed by atoms with Crippen LogP contribution in [0.1, 0.15) is 117 Å². The van der Waals surface area contributed by atoms with E-state index < -0.39 is 0 Å². The number of aliphatic hydroxyl groups excluding tert-OH is 1. The normalized spacial score (nSPS) is 17.7. The van der Waals surface area contributed by atoms with E-state index in [4.69, 9.17) is 0 Å². The monoisotopic (exact) mass is 402 g/mol. The van der Waals surface area contributed by atoms with Crippen LogP contribution < -0.4 is 0 Å². The average Bonchev–Trinajstić information content (AvgIpc) is 2.99. The number of hydrogen-bond acceptors (Lipinski definition) is 3. The molecule has 1 aliphatic rings. The summed E-state index contributed by atoms with van der Waals surface area (Å²) in [4.78, 5) is 6.89. The Morgan fingerprint density at radius 1 is 0.852 bits per heavy atom. The fourth-order valence-corrected chi connectivity index (χ4v) is 3.89. The lowest BCUT2D eigenvalue weighted by molar-refractivity contribution is 0.162. The maximum absolute atomic E-state index is 9.66. The van der Waals surface area contributed by atoms with Crippen molar-refractivity contribution in [2.45, 2.75) is 129 Å². The quantitative estimate of drug-likeness (QED) is 0.272. The van der Waals surface area contributed by atoms with Crippen molar-refractivity contribution in [2.24, 2.45) is 4.99 Å². The Labute approximate surface area is 175 Å². The van der Waals surface area contributed by atoms with Gasteiger partial charge >= 0.3 is 0 Å². The van der Waals surface area contributed by atoms with Crippen molar-refractivity contribution in [2.75, 3.05) is 13.6 Å². The molecule has 0 bridgehead atoms. The number of amidine groups is 1. The summed E-state index contributed by atoms with van der Waals surface area (Å²) in [6, 6.07) is 0.0892. The molecule has 0 aromatic carbocycles. The summed E-state index contributed by atoms with van der Waals surface area (Å²) >= 11 is 0. The van der Waals surface area contributed by atoms with E-state index in [-0.39, 0.29) is 24.6 Å². The highest BCUT2D eigenvalue weighted by Gasteiger charge is 2.24. The molecule has 3 nitrogen and oxygen atoms in total. The van der Waals surface area contributed by atoms with Crippen LogP contribution in [0.15, 0.2) is 4.99 Å². The molecule has 2 unspecified atom stereocenters. The van der Waals surface area contributed by atoms with Gasteiger partial charge in [0, 0.05) is 20.0 Å². The van der Waals surface area contributed by atoms with Crippen LogP contribution in [0.5, 0.6) is 0 Å². The van der Waals surface area contributed by atoms with Crippen LogP contribution >= 0.6 is 12.4 Å². The van der Waals surface area contributed by atoms with Crippen LogP contribution in [-0.2, 0) is 0 Å². The van der Waals surface area contributed by atoms with E-state index in [1.807, 2.05) is 6.92 Å². The van der Waals surface area contributed by atoms with Crippen molar-refractivity contribution in [3.8, 4) is 0 Å². The minimum Gasteiger partial charge on any atom is -0.391 e. The number of aliphatic imine (C=N–C) groups is 1. The molecule has 0 aromatic heterocycles. The van der Waals surface area contributed by atoms with Crippen molar-refractivity contribution < 1.29 is 5.11 Å². The molecule has 1 rings (SSSR count). The van der Waals surface area contributed by atoms with Crippen LogP contribution in [-0.4, -0.2) is 41.6 Å². The van der Waals surface area contributed by atoms with Crippen molar-refractivity contribution in [1.82, 2.24) is 4.90 Å². The molecule has 162 valence electrons. The summed E-state index contributed by atoms with van der Waals surface area (Å²) in [5.41, 5.74) is 0. The average molecular weight is 403 g/mol. The molecule has 0 saturated carbocycles. The molecule has 1 heterocycles. The van der Waals surface area contributed by atoms with E-state index in [1.165, 1.54) is 102 Å². The third-order valence-electron chi connectivity index (χ3n) is 5.78. The largest absolute Gasteiger partial charge is 0.391 e. The first-order valence-corrected chi connectivity index (χ1v) is 11.6. The van der Waals surface area contributed by atoms with Gasteiger partial charge in [0.1, 0.15) is 0 Å². The molecule has 0 aromatic rings. The molecule has 0 aliphatic carbocycles. The zero-order valence-electron chi connectivity index (χ0n) is 18.4. The Hall–Kier alpha value is -0.280. The van der Waals surface area contributed by atoms with E-state index in [2.05, 4.69) is 23.9 Å². The second-order valence-electron chi connectivity index (χ2n) is 8.43. The van der Waals surface area contributed by atoms with Gasteiger partial charge in [0.25, 0.3) is 0 Å². The van der Waals surface area contributed by atoms with E-state index in [1.54, 1.807) is 0 Å². The number of rotatable bonds is 17. The van der Waals surface area contributed by atoms with Crippen molar-refractivity contribution in [3.63, 3.8) is 0 Å². The van der Waals surface area contributed by atoms with Crippen molar-refractivity contribution in [1.29, 1.82) is 0 Å². The van der Waals surface area contributed by atoms with E-state index in [0.717, 1.165) is 13.0 Å². The van der Waals surface area contributed by atoms with Crippen molar-refractivity contribution >= 4 is 18.2 Å². The number of unbranched alkanes of at least 4 members (excludes halogenated alkanes) is 14. The Bertz CT molecular complexity index is 360. The summed E-state index contributed by atoms with van der Waals surface area (Å²) in [6.45, 7) is 5.01. The highest BCUT2D eigenvalue weighted by atomic mass is 35.5. The van der Waals surface area contributed by atoms with E-state index in [0.29, 0.717) is 0 Å². The van der Waals surface area contributed by atoms with Gasteiger partial charge in [-0.1, -0.05) is 96.8 Å². The lowest BCUT2D eigenvalue weighted by Gasteiger charge is -2.15. The standard InChI is InChI=1S/C23H46N2O.ClH/c1-4-5-6-7-8-9-10-11-12-13-14-15-16-17-18-19-23-24-22(21(2)26)20-25(23)3;/h21-22,26H,4-20H2,1-3H3;1H. The maximum Gasteiger partial charge on any atom is 0.0992 e. The maximum atomic E-state index is 9.66. The zero-order chi connectivity index (χ0) is 19.0. The molecule has 0 radical (unpaired) electrons. The molecule has 1 aliphatic heterocycles. The number of likely N-dealkylation sites (N-methyl/N-ethyl adjacent to an activating group) is 1. The van der Waals surface area contributed by atoms with E-state index >= 15 is 0 Å². The fraction of sp³-hybridized carbons (Fsp3) is 0.957. The second kappa shape index (κ2) is 17.8. The Balaban J connectivity index is 0.00000676. The molecule has 0 amide bonds. The molecule has 4 heteroatoms. The predicted molar refractivity (Wildman–Crippen MR) is 122 cm³/mol. The van der Waals surface area contributed by atoms with Gasteiger partial charge in [0.2, 0.25) is 0 Å². The summed E-state index contributed by atoms with van der Waals surface area (Å²) in [6.07, 6.45) is 21.9. The first kappa shape index (κ1) is 26.7. The van der Waals surface area contributed by atoms with Gasteiger partial charge in [-0.05, 0) is 13.3 Å². The highest BCUT2D eigenvalue weighted by Crippen LogP contribution is 2.17. The molecular weight excluding hydrogens is 356 g/mol. The lowest BCUT2D eigenvalue weighted by Crippen LogP contribution is -2.29. The molecule has 0 spiro atoms. The number of halogens is 1. The van der Waals surface area contributed by atoms with Crippen LogP contribution in [0.2, 0.25) is 0 Å². The Morgan fingerprint density at radius 3 is 1.63 bits per heavy atom. The van der Waals surface area contributed by atoms with Gasteiger partial charge < -0.3 is 10.0 Å². The Morgan fingerprint density at radius 2 is 1.26 bits per heavy atom.